The first kappa shape index (κ1) is 17.3. The van der Waals surface area contributed by atoms with E-state index < -0.39 is 6.09 Å². The lowest BCUT2D eigenvalue weighted by Crippen LogP contribution is -2.18. The number of nitrogens with one attached hydrogen (secondary N) is 2. The van der Waals surface area contributed by atoms with Crippen LogP contribution in [-0.2, 0) is 4.74 Å². The zero-order valence-electron chi connectivity index (χ0n) is 14.6. The number of thiophene rings is 1. The van der Waals surface area contributed by atoms with Crippen molar-refractivity contribution in [1.82, 2.24) is 9.97 Å². The number of amides is 1. The lowest BCUT2D eigenvalue weighted by molar-refractivity contribution is 0.160. The van der Waals surface area contributed by atoms with Gasteiger partial charge in [0.05, 0.1) is 33.9 Å². The van der Waals surface area contributed by atoms with Gasteiger partial charge in [0.2, 0.25) is 0 Å². The molecule has 7 heteroatoms. The SMILES string of the molecule is CCCCOC(=O)Nc1cc2[nH]c(-c3cccs3)nc2cc1N(C)C. The molecule has 1 aromatic carbocycles. The summed E-state index contributed by atoms with van der Waals surface area (Å²) in [5, 5.41) is 4.86. The van der Waals surface area contributed by atoms with Crippen molar-refractivity contribution >= 4 is 39.8 Å². The Bertz CT molecular complexity index is 855. The van der Waals surface area contributed by atoms with Crippen molar-refractivity contribution in [2.45, 2.75) is 19.8 Å². The van der Waals surface area contributed by atoms with Crippen molar-refractivity contribution in [3.8, 4) is 10.7 Å². The van der Waals surface area contributed by atoms with Crippen LogP contribution in [0.5, 0.6) is 0 Å². The van der Waals surface area contributed by atoms with E-state index in [2.05, 4.69) is 22.2 Å². The first-order chi connectivity index (χ1) is 12.1. The molecule has 3 aromatic rings. The summed E-state index contributed by atoms with van der Waals surface area (Å²) in [5.74, 6) is 0.831. The second-order valence-corrected chi connectivity index (χ2v) is 6.91. The predicted molar refractivity (Wildman–Crippen MR) is 104 cm³/mol. The van der Waals surface area contributed by atoms with Crippen molar-refractivity contribution in [3.05, 3.63) is 29.6 Å². The second kappa shape index (κ2) is 7.57. The Morgan fingerprint density at radius 2 is 2.24 bits per heavy atom. The number of aromatic amines is 1. The first-order valence-electron chi connectivity index (χ1n) is 8.27. The number of fused-ring (bicyclic) bond motifs is 1. The number of nitrogens with zero attached hydrogens (tertiary/aromatic N) is 2. The Labute approximate surface area is 150 Å². The number of hydrogen-bond donors (Lipinski definition) is 2. The third-order valence-corrected chi connectivity index (χ3v) is 4.68. The summed E-state index contributed by atoms with van der Waals surface area (Å²) in [6.45, 7) is 2.48. The summed E-state index contributed by atoms with van der Waals surface area (Å²) < 4.78 is 5.20. The molecule has 0 unspecified atom stereocenters. The Hall–Kier alpha value is -2.54. The van der Waals surface area contributed by atoms with Crippen molar-refractivity contribution in [3.63, 3.8) is 0 Å². The number of unbranched alkanes of at least 4 members (excludes halogenated alkanes) is 1. The monoisotopic (exact) mass is 358 g/mol. The number of aromatic nitrogens is 2. The molecular weight excluding hydrogens is 336 g/mol. The quantitative estimate of drug-likeness (QED) is 0.626. The molecule has 0 saturated carbocycles. The molecule has 0 radical (unpaired) electrons. The average Bonchev–Trinajstić information content (AvgIpc) is 3.23. The van der Waals surface area contributed by atoms with E-state index >= 15 is 0 Å². The molecule has 0 fully saturated rings. The van der Waals surface area contributed by atoms with Crippen LogP contribution in [0.25, 0.3) is 21.7 Å². The first-order valence-corrected chi connectivity index (χ1v) is 9.15. The summed E-state index contributed by atoms with van der Waals surface area (Å²) >= 11 is 1.63. The molecule has 3 rings (SSSR count). The van der Waals surface area contributed by atoms with E-state index in [0.717, 1.165) is 40.3 Å². The molecule has 0 aliphatic carbocycles. The summed E-state index contributed by atoms with van der Waals surface area (Å²) in [4.78, 5) is 23.0. The molecule has 132 valence electrons. The van der Waals surface area contributed by atoms with Gasteiger partial charge in [-0.3, -0.25) is 5.32 Å². The predicted octanol–water partition coefficient (Wildman–Crippen LogP) is 4.71. The van der Waals surface area contributed by atoms with Crippen LogP contribution in [0.4, 0.5) is 16.2 Å². The van der Waals surface area contributed by atoms with Gasteiger partial charge in [-0.15, -0.1) is 11.3 Å². The highest BCUT2D eigenvalue weighted by Crippen LogP contribution is 2.32. The number of carbonyl (C=O) groups is 1. The van der Waals surface area contributed by atoms with Crippen LogP contribution in [0.3, 0.4) is 0 Å². The molecule has 6 nitrogen and oxygen atoms in total. The molecule has 0 aliphatic rings. The van der Waals surface area contributed by atoms with Gasteiger partial charge in [-0.05, 0) is 30.0 Å². The highest BCUT2D eigenvalue weighted by molar-refractivity contribution is 7.13. The zero-order chi connectivity index (χ0) is 17.8. The van der Waals surface area contributed by atoms with E-state index in [1.165, 1.54) is 0 Å². The second-order valence-electron chi connectivity index (χ2n) is 5.96. The van der Waals surface area contributed by atoms with E-state index in [1.54, 1.807) is 11.3 Å². The van der Waals surface area contributed by atoms with Gasteiger partial charge < -0.3 is 14.6 Å². The largest absolute Gasteiger partial charge is 0.449 e. The van der Waals surface area contributed by atoms with Gasteiger partial charge in [-0.1, -0.05) is 19.4 Å². The minimum Gasteiger partial charge on any atom is -0.449 e. The van der Waals surface area contributed by atoms with Crippen LogP contribution in [0.2, 0.25) is 0 Å². The highest BCUT2D eigenvalue weighted by Gasteiger charge is 2.14. The summed E-state index contributed by atoms with van der Waals surface area (Å²) in [6, 6.07) is 7.89. The van der Waals surface area contributed by atoms with E-state index in [1.807, 2.05) is 48.6 Å². The standard InChI is InChI=1S/C18H22N4O2S/c1-4-5-8-24-18(23)21-14-10-12-13(11-15(14)22(2)3)20-17(19-12)16-7-6-9-25-16/h6-7,9-11H,4-5,8H2,1-3H3,(H,19,20)(H,21,23). The molecule has 0 atom stereocenters. The lowest BCUT2D eigenvalue weighted by Gasteiger charge is -2.18. The topological polar surface area (TPSA) is 70.2 Å². The van der Waals surface area contributed by atoms with Crippen LogP contribution in [0.1, 0.15) is 19.8 Å². The molecule has 1 amide bonds. The Morgan fingerprint density at radius 1 is 1.40 bits per heavy atom. The maximum atomic E-state index is 12.0. The highest BCUT2D eigenvalue weighted by atomic mass is 32.1. The number of rotatable bonds is 6. The summed E-state index contributed by atoms with van der Waals surface area (Å²) in [7, 11) is 3.86. The zero-order valence-corrected chi connectivity index (χ0v) is 15.4. The molecule has 2 aromatic heterocycles. The smallest absolute Gasteiger partial charge is 0.411 e. The Morgan fingerprint density at radius 3 is 2.92 bits per heavy atom. The van der Waals surface area contributed by atoms with Crippen LogP contribution >= 0.6 is 11.3 Å². The van der Waals surface area contributed by atoms with Gasteiger partial charge >= 0.3 is 6.09 Å². The Kier molecular flexibility index (Phi) is 5.23. The molecule has 2 N–H and O–H groups in total. The summed E-state index contributed by atoms with van der Waals surface area (Å²) in [6.07, 6.45) is 1.41. The van der Waals surface area contributed by atoms with E-state index in [4.69, 9.17) is 4.74 Å². The van der Waals surface area contributed by atoms with Crippen molar-refractivity contribution in [2.75, 3.05) is 30.9 Å². The molecule has 25 heavy (non-hydrogen) atoms. The van der Waals surface area contributed by atoms with Gasteiger partial charge in [0.25, 0.3) is 0 Å². The number of ether oxygens (including phenoxy) is 1. The number of hydrogen-bond acceptors (Lipinski definition) is 5. The summed E-state index contributed by atoms with van der Waals surface area (Å²) in [5.41, 5.74) is 3.31. The van der Waals surface area contributed by atoms with Crippen molar-refractivity contribution < 1.29 is 9.53 Å². The number of imidazole rings is 1. The van der Waals surface area contributed by atoms with Gasteiger partial charge in [0.15, 0.2) is 0 Å². The average molecular weight is 358 g/mol. The minimum absolute atomic E-state index is 0.425. The van der Waals surface area contributed by atoms with Crippen molar-refractivity contribution in [2.24, 2.45) is 0 Å². The lowest BCUT2D eigenvalue weighted by atomic mass is 10.2. The molecule has 2 heterocycles. The van der Waals surface area contributed by atoms with Gasteiger partial charge in [-0.25, -0.2) is 9.78 Å². The molecule has 0 spiro atoms. The van der Waals surface area contributed by atoms with Crippen LogP contribution in [0, 0.1) is 0 Å². The van der Waals surface area contributed by atoms with Crippen LogP contribution < -0.4 is 10.2 Å². The Balaban J connectivity index is 1.90. The maximum Gasteiger partial charge on any atom is 0.411 e. The number of carbonyl (C=O) groups excluding carboxylic acids is 1. The third-order valence-electron chi connectivity index (χ3n) is 3.80. The third kappa shape index (κ3) is 3.93. The van der Waals surface area contributed by atoms with E-state index in [0.29, 0.717) is 12.3 Å². The number of anilines is 2. The van der Waals surface area contributed by atoms with Gasteiger partial charge in [0.1, 0.15) is 5.82 Å². The van der Waals surface area contributed by atoms with Crippen LogP contribution in [-0.4, -0.2) is 36.8 Å². The molecular formula is C18H22N4O2S. The van der Waals surface area contributed by atoms with Crippen molar-refractivity contribution in [1.29, 1.82) is 0 Å². The molecule has 0 saturated heterocycles. The molecule has 0 aliphatic heterocycles. The van der Waals surface area contributed by atoms with Crippen LogP contribution in [0.15, 0.2) is 29.6 Å². The normalized spacial score (nSPS) is 10.8. The fraction of sp³-hybridized carbons (Fsp3) is 0.333. The fourth-order valence-electron chi connectivity index (χ4n) is 2.50. The van der Waals surface area contributed by atoms with Gasteiger partial charge in [0, 0.05) is 14.1 Å². The van der Waals surface area contributed by atoms with E-state index in [-0.39, 0.29) is 0 Å². The number of benzene rings is 1. The maximum absolute atomic E-state index is 12.0. The fourth-order valence-corrected chi connectivity index (χ4v) is 3.17. The number of H-pyrrole nitrogens is 1. The molecule has 0 bridgehead atoms. The van der Waals surface area contributed by atoms with Gasteiger partial charge in [-0.2, -0.15) is 0 Å². The van der Waals surface area contributed by atoms with E-state index in [9.17, 15) is 4.79 Å². The minimum atomic E-state index is -0.436.